The van der Waals surface area contributed by atoms with E-state index in [1.807, 2.05) is 30.3 Å². The molecule has 2 aliphatic heterocycles. The van der Waals surface area contributed by atoms with Crippen LogP contribution in [-0.2, 0) is 4.79 Å². The number of amides is 1. The molecular formula is C12H8N4OS. The van der Waals surface area contributed by atoms with Crippen LogP contribution in [0, 0.1) is 5.41 Å². The molecule has 0 aliphatic carbocycles. The number of benzene rings is 1. The van der Waals surface area contributed by atoms with Crippen molar-refractivity contribution in [3.05, 3.63) is 41.5 Å². The van der Waals surface area contributed by atoms with Crippen LogP contribution in [0.5, 0.6) is 0 Å². The van der Waals surface area contributed by atoms with Crippen LogP contribution in [0.4, 0.5) is 0 Å². The average molecular weight is 256 g/mol. The standard InChI is InChI=1S/C12H8N4OS/c13-10-9(6-8-4-2-1-3-5-8)11(17)15-12-16(10)14-7-18-12/h1-7,13H/b9-6-,13-10?. The Morgan fingerprint density at radius 1 is 1.28 bits per heavy atom. The highest BCUT2D eigenvalue weighted by Crippen LogP contribution is 2.24. The van der Waals surface area contributed by atoms with Gasteiger partial charge in [-0.15, -0.1) is 0 Å². The maximum atomic E-state index is 11.9. The molecule has 1 N–H and O–H groups in total. The third-order valence-corrected chi connectivity index (χ3v) is 3.18. The Bertz CT molecular complexity index is 618. The summed E-state index contributed by atoms with van der Waals surface area (Å²) in [7, 11) is 0. The molecule has 1 amide bonds. The zero-order chi connectivity index (χ0) is 12.5. The fourth-order valence-corrected chi connectivity index (χ4v) is 2.26. The van der Waals surface area contributed by atoms with E-state index < -0.39 is 5.91 Å². The zero-order valence-electron chi connectivity index (χ0n) is 9.20. The van der Waals surface area contributed by atoms with Crippen molar-refractivity contribution < 1.29 is 4.79 Å². The minimum absolute atomic E-state index is 0.0649. The number of thioether (sulfide) groups is 1. The number of aliphatic imine (C=N–C) groups is 1. The number of hydrogen-bond donors (Lipinski definition) is 1. The maximum Gasteiger partial charge on any atom is 0.283 e. The third-order valence-electron chi connectivity index (χ3n) is 2.51. The predicted octanol–water partition coefficient (Wildman–Crippen LogP) is 1.94. The second-order valence-corrected chi connectivity index (χ2v) is 4.48. The van der Waals surface area contributed by atoms with Crippen LogP contribution < -0.4 is 0 Å². The minimum Gasteiger partial charge on any atom is -0.282 e. The lowest BCUT2D eigenvalue weighted by Gasteiger charge is -2.20. The summed E-state index contributed by atoms with van der Waals surface area (Å²) < 4.78 is 0. The van der Waals surface area contributed by atoms with Gasteiger partial charge in [0, 0.05) is 0 Å². The number of hydrogen-bond acceptors (Lipinski definition) is 4. The number of nitrogens with zero attached hydrogens (tertiary/aromatic N) is 3. The molecule has 2 heterocycles. The molecule has 0 fully saturated rings. The summed E-state index contributed by atoms with van der Waals surface area (Å²) in [5, 5.41) is 13.8. The predicted molar refractivity (Wildman–Crippen MR) is 72.5 cm³/mol. The summed E-state index contributed by atoms with van der Waals surface area (Å²) in [5.74, 6) is -0.330. The molecule has 2 aliphatic rings. The fourth-order valence-electron chi connectivity index (χ4n) is 1.65. The van der Waals surface area contributed by atoms with E-state index in [2.05, 4.69) is 10.1 Å². The lowest BCUT2D eigenvalue weighted by atomic mass is 10.1. The van der Waals surface area contributed by atoms with Gasteiger partial charge in [0.15, 0.2) is 11.0 Å². The first kappa shape index (κ1) is 10.9. The quantitative estimate of drug-likeness (QED) is 0.781. The maximum absolute atomic E-state index is 11.9. The molecule has 0 unspecified atom stereocenters. The molecule has 0 radical (unpaired) electrons. The highest BCUT2D eigenvalue weighted by atomic mass is 32.2. The summed E-state index contributed by atoms with van der Waals surface area (Å²) in [5.41, 5.74) is 2.68. The number of carbonyl (C=O) groups is 1. The van der Waals surface area contributed by atoms with Crippen LogP contribution in [0.15, 0.2) is 46.0 Å². The molecule has 0 saturated heterocycles. The lowest BCUT2D eigenvalue weighted by molar-refractivity contribution is -0.114. The topological polar surface area (TPSA) is 68.9 Å². The van der Waals surface area contributed by atoms with Gasteiger partial charge in [-0.05, 0) is 23.4 Å². The number of fused-ring (bicyclic) bond motifs is 1. The number of nitrogens with one attached hydrogen (secondary N) is 1. The molecule has 1 aromatic rings. The largest absolute Gasteiger partial charge is 0.283 e. The Morgan fingerprint density at radius 3 is 2.83 bits per heavy atom. The van der Waals surface area contributed by atoms with Gasteiger partial charge in [0.05, 0.1) is 11.1 Å². The average Bonchev–Trinajstić information content (AvgIpc) is 2.84. The molecule has 0 aromatic heterocycles. The SMILES string of the molecule is N=C1/C(=C/c2ccccc2)C(=O)N=C2SC=NN12. The van der Waals surface area contributed by atoms with Crippen molar-refractivity contribution in [1.29, 1.82) is 5.41 Å². The van der Waals surface area contributed by atoms with Crippen molar-refractivity contribution in [3.8, 4) is 0 Å². The Morgan fingerprint density at radius 2 is 2.06 bits per heavy atom. The van der Waals surface area contributed by atoms with Gasteiger partial charge < -0.3 is 0 Å². The van der Waals surface area contributed by atoms with Gasteiger partial charge in [-0.2, -0.15) is 15.1 Å². The highest BCUT2D eigenvalue weighted by molar-refractivity contribution is 8.25. The number of carbonyl (C=O) groups excluding carboxylic acids is 1. The van der Waals surface area contributed by atoms with Crippen LogP contribution in [0.3, 0.4) is 0 Å². The molecule has 0 bridgehead atoms. The van der Waals surface area contributed by atoms with Crippen molar-refractivity contribution in [1.82, 2.24) is 5.01 Å². The third kappa shape index (κ3) is 1.76. The molecular weight excluding hydrogens is 248 g/mol. The van der Waals surface area contributed by atoms with Crippen molar-refractivity contribution in [2.75, 3.05) is 0 Å². The molecule has 0 atom stereocenters. The number of hydrazone groups is 1. The lowest BCUT2D eigenvalue weighted by Crippen LogP contribution is -2.35. The van der Waals surface area contributed by atoms with Gasteiger partial charge in [-0.1, -0.05) is 30.3 Å². The van der Waals surface area contributed by atoms with Gasteiger partial charge >= 0.3 is 0 Å². The molecule has 1 aromatic carbocycles. The minimum atomic E-state index is -0.395. The van der Waals surface area contributed by atoms with E-state index in [1.165, 1.54) is 16.8 Å². The molecule has 3 rings (SSSR count). The molecule has 6 heteroatoms. The van der Waals surface area contributed by atoms with Crippen LogP contribution in [-0.4, -0.2) is 27.5 Å². The highest BCUT2D eigenvalue weighted by Gasteiger charge is 2.32. The van der Waals surface area contributed by atoms with Crippen LogP contribution in [0.2, 0.25) is 0 Å². The zero-order valence-corrected chi connectivity index (χ0v) is 10.0. The summed E-state index contributed by atoms with van der Waals surface area (Å²) in [4.78, 5) is 15.8. The summed E-state index contributed by atoms with van der Waals surface area (Å²) in [6.45, 7) is 0. The van der Waals surface area contributed by atoms with Gasteiger partial charge in [0.2, 0.25) is 0 Å². The van der Waals surface area contributed by atoms with E-state index in [1.54, 1.807) is 11.6 Å². The van der Waals surface area contributed by atoms with E-state index in [4.69, 9.17) is 5.41 Å². The van der Waals surface area contributed by atoms with Crippen molar-refractivity contribution in [2.45, 2.75) is 0 Å². The number of amidine groups is 2. The fraction of sp³-hybridized carbons (Fsp3) is 0. The Kier molecular flexibility index (Phi) is 2.56. The second kappa shape index (κ2) is 4.23. The first-order valence-corrected chi connectivity index (χ1v) is 6.11. The van der Waals surface area contributed by atoms with Crippen molar-refractivity contribution in [3.63, 3.8) is 0 Å². The summed E-state index contributed by atoms with van der Waals surface area (Å²) in [6.07, 6.45) is 1.66. The molecule has 0 saturated carbocycles. The smallest absolute Gasteiger partial charge is 0.282 e. The second-order valence-electron chi connectivity index (χ2n) is 3.67. The summed E-state index contributed by atoms with van der Waals surface area (Å²) >= 11 is 1.24. The number of rotatable bonds is 1. The Hall–Kier alpha value is -2.21. The van der Waals surface area contributed by atoms with E-state index in [0.29, 0.717) is 5.17 Å². The first-order valence-electron chi connectivity index (χ1n) is 5.23. The van der Waals surface area contributed by atoms with Gasteiger partial charge in [0.25, 0.3) is 5.91 Å². The Labute approximate surface area is 107 Å². The van der Waals surface area contributed by atoms with E-state index in [9.17, 15) is 4.79 Å². The van der Waals surface area contributed by atoms with Crippen LogP contribution in [0.25, 0.3) is 6.08 Å². The van der Waals surface area contributed by atoms with E-state index >= 15 is 0 Å². The van der Waals surface area contributed by atoms with Gasteiger partial charge in [-0.25, -0.2) is 0 Å². The first-order chi connectivity index (χ1) is 8.75. The molecule has 18 heavy (non-hydrogen) atoms. The van der Waals surface area contributed by atoms with E-state index in [-0.39, 0.29) is 11.4 Å². The van der Waals surface area contributed by atoms with E-state index in [0.717, 1.165) is 5.56 Å². The summed E-state index contributed by atoms with van der Waals surface area (Å²) in [6, 6.07) is 9.39. The van der Waals surface area contributed by atoms with Crippen LogP contribution in [0.1, 0.15) is 5.56 Å². The van der Waals surface area contributed by atoms with Gasteiger partial charge in [0.1, 0.15) is 0 Å². The normalized spacial score (nSPS) is 20.3. The van der Waals surface area contributed by atoms with Crippen LogP contribution >= 0.6 is 11.8 Å². The molecule has 88 valence electrons. The monoisotopic (exact) mass is 256 g/mol. The van der Waals surface area contributed by atoms with Crippen molar-refractivity contribution >= 4 is 40.3 Å². The van der Waals surface area contributed by atoms with Gasteiger partial charge in [-0.3, -0.25) is 10.2 Å². The molecule has 0 spiro atoms. The molecule has 5 nitrogen and oxygen atoms in total. The Balaban J connectivity index is 2.03. The van der Waals surface area contributed by atoms with Crippen molar-refractivity contribution in [2.24, 2.45) is 10.1 Å².